The molecule has 0 aromatic heterocycles. The van der Waals surface area contributed by atoms with Crippen molar-refractivity contribution in [2.75, 3.05) is 20.3 Å². The van der Waals surface area contributed by atoms with Gasteiger partial charge in [0.2, 0.25) is 10.0 Å². The van der Waals surface area contributed by atoms with Crippen LogP contribution in [0.3, 0.4) is 0 Å². The fraction of sp³-hybridized carbons (Fsp3) is 0.483. The summed E-state index contributed by atoms with van der Waals surface area (Å²) in [6.07, 6.45) is 0.388. The second kappa shape index (κ2) is 11.1. The summed E-state index contributed by atoms with van der Waals surface area (Å²) in [7, 11) is -1.84. The van der Waals surface area contributed by atoms with Crippen molar-refractivity contribution in [2.24, 2.45) is 5.92 Å². The lowest BCUT2D eigenvalue weighted by molar-refractivity contribution is -0.130. The van der Waals surface area contributed by atoms with Crippen LogP contribution in [0.1, 0.15) is 51.2 Å². The molecule has 1 fully saturated rings. The lowest BCUT2D eigenvalue weighted by Crippen LogP contribution is -2.58. The molecule has 1 saturated heterocycles. The summed E-state index contributed by atoms with van der Waals surface area (Å²) in [5.74, 6) is -0.762. The summed E-state index contributed by atoms with van der Waals surface area (Å²) in [4.78, 5) is 26.3. The van der Waals surface area contributed by atoms with Crippen molar-refractivity contribution < 1.29 is 27.5 Å². The monoisotopic (exact) mass is 553 g/mol. The SMILES string of the molecule is CN1Cc2cc(-c3ccc(C[C@@H](C#N)CC(=O)C4(NC(=O)OC(C)(C)C)CCOCC4)cc3)ccc2S1(=O)=O. The van der Waals surface area contributed by atoms with Crippen LogP contribution in [-0.4, -0.2) is 56.0 Å². The lowest BCUT2D eigenvalue weighted by atomic mass is 9.80. The van der Waals surface area contributed by atoms with Gasteiger partial charge in [0.25, 0.3) is 0 Å². The topological polar surface area (TPSA) is 126 Å². The van der Waals surface area contributed by atoms with Gasteiger partial charge in [-0.2, -0.15) is 9.57 Å². The molecule has 4 rings (SSSR count). The molecule has 2 aliphatic heterocycles. The van der Waals surface area contributed by atoms with E-state index < -0.39 is 33.2 Å². The van der Waals surface area contributed by atoms with Gasteiger partial charge in [-0.3, -0.25) is 4.79 Å². The summed E-state index contributed by atoms with van der Waals surface area (Å²) in [6.45, 7) is 6.30. The van der Waals surface area contributed by atoms with Crippen molar-refractivity contribution in [1.29, 1.82) is 5.26 Å². The molecular formula is C29H35N3O6S. The van der Waals surface area contributed by atoms with Crippen molar-refractivity contribution in [3.8, 4) is 17.2 Å². The van der Waals surface area contributed by atoms with E-state index in [1.807, 2.05) is 30.3 Å². The third-order valence-corrected chi connectivity index (χ3v) is 9.05. The number of hydrogen-bond donors (Lipinski definition) is 1. The number of nitrogens with one attached hydrogen (secondary N) is 1. The number of fused-ring (bicyclic) bond motifs is 1. The minimum Gasteiger partial charge on any atom is -0.444 e. The average Bonchev–Trinajstić information content (AvgIpc) is 3.10. The highest BCUT2D eigenvalue weighted by Gasteiger charge is 2.42. The summed E-state index contributed by atoms with van der Waals surface area (Å²) in [5, 5.41) is 12.6. The van der Waals surface area contributed by atoms with Crippen LogP contribution < -0.4 is 5.32 Å². The van der Waals surface area contributed by atoms with Crippen LogP contribution >= 0.6 is 0 Å². The molecule has 2 heterocycles. The van der Waals surface area contributed by atoms with Crippen molar-refractivity contribution in [3.05, 3.63) is 53.6 Å². The molecule has 1 amide bonds. The second-order valence-electron chi connectivity index (χ2n) is 11.3. The number of alkyl carbamates (subject to hydrolysis) is 1. The Balaban J connectivity index is 1.44. The van der Waals surface area contributed by atoms with Crippen LogP contribution in [0.4, 0.5) is 4.79 Å². The lowest BCUT2D eigenvalue weighted by Gasteiger charge is -2.37. The van der Waals surface area contributed by atoms with Crippen molar-refractivity contribution in [3.63, 3.8) is 0 Å². The summed E-state index contributed by atoms with van der Waals surface area (Å²) >= 11 is 0. The van der Waals surface area contributed by atoms with Gasteiger partial charge in [0.05, 0.1) is 16.9 Å². The standard InChI is InChI=1S/C29H35N3O6S/c1-28(2,3)38-27(34)31-29(11-13-37-14-12-29)26(33)16-21(18-30)15-20-5-7-22(8-6-20)23-9-10-25-24(17-23)19-32(4)39(25,35)36/h5-10,17,21H,11-16,19H2,1-4H3,(H,31,34)/t21-/m1/s1. The minimum absolute atomic E-state index is 0.000856. The van der Waals surface area contributed by atoms with Gasteiger partial charge in [-0.05, 0) is 61.6 Å². The van der Waals surface area contributed by atoms with E-state index in [2.05, 4.69) is 11.4 Å². The number of rotatable bonds is 7. The van der Waals surface area contributed by atoms with Gasteiger partial charge >= 0.3 is 6.09 Å². The van der Waals surface area contributed by atoms with E-state index >= 15 is 0 Å². The molecule has 1 N–H and O–H groups in total. The van der Waals surface area contributed by atoms with Crippen LogP contribution in [-0.2, 0) is 37.3 Å². The minimum atomic E-state index is -3.41. The summed E-state index contributed by atoms with van der Waals surface area (Å²) in [5.41, 5.74) is 1.70. The Morgan fingerprint density at radius 2 is 1.77 bits per heavy atom. The van der Waals surface area contributed by atoms with Gasteiger partial charge in [0.1, 0.15) is 11.1 Å². The normalized spacial score (nSPS) is 18.9. The molecule has 2 aromatic rings. The maximum Gasteiger partial charge on any atom is 0.408 e. The highest BCUT2D eigenvalue weighted by molar-refractivity contribution is 7.89. The molecule has 2 aliphatic rings. The number of nitrogens with zero attached hydrogens (tertiary/aromatic N) is 2. The number of nitriles is 1. The Hall–Kier alpha value is -3.26. The fourth-order valence-electron chi connectivity index (χ4n) is 5.02. The van der Waals surface area contributed by atoms with Crippen molar-refractivity contribution in [1.82, 2.24) is 9.62 Å². The number of ketones is 1. The molecule has 1 atom stereocenters. The van der Waals surface area contributed by atoms with Crippen LogP contribution in [0.5, 0.6) is 0 Å². The molecule has 0 bridgehead atoms. The number of ether oxygens (including phenoxy) is 2. The predicted octanol–water partition coefficient (Wildman–Crippen LogP) is 4.20. The number of carbonyl (C=O) groups is 2. The van der Waals surface area contributed by atoms with Gasteiger partial charge in [-0.25, -0.2) is 13.2 Å². The molecule has 0 saturated carbocycles. The summed E-state index contributed by atoms with van der Waals surface area (Å²) in [6, 6.07) is 15.3. The van der Waals surface area contributed by atoms with Gasteiger partial charge in [0, 0.05) is 46.1 Å². The highest BCUT2D eigenvalue weighted by Crippen LogP contribution is 2.33. The number of amides is 1. The number of sulfonamides is 1. The van der Waals surface area contributed by atoms with Crippen LogP contribution in [0.25, 0.3) is 11.1 Å². The van der Waals surface area contributed by atoms with E-state index in [0.717, 1.165) is 22.3 Å². The van der Waals surface area contributed by atoms with Crippen LogP contribution in [0.2, 0.25) is 0 Å². The number of benzene rings is 2. The zero-order chi connectivity index (χ0) is 28.4. The zero-order valence-corrected chi connectivity index (χ0v) is 23.6. The van der Waals surface area contributed by atoms with Gasteiger partial charge in [-0.15, -0.1) is 0 Å². The molecule has 2 aromatic carbocycles. The van der Waals surface area contributed by atoms with E-state index in [1.54, 1.807) is 40.0 Å². The van der Waals surface area contributed by atoms with Gasteiger partial charge in [-0.1, -0.05) is 30.3 Å². The summed E-state index contributed by atoms with van der Waals surface area (Å²) < 4.78 is 36.9. The third-order valence-electron chi connectivity index (χ3n) is 7.15. The Kier molecular flexibility index (Phi) is 8.17. The first kappa shape index (κ1) is 28.7. The van der Waals surface area contributed by atoms with Crippen molar-refractivity contribution >= 4 is 21.9 Å². The number of Topliss-reactive ketones (excluding diaryl/α,β-unsaturated/α-hetero) is 1. The third kappa shape index (κ3) is 6.49. The van der Waals surface area contributed by atoms with Crippen molar-refractivity contribution in [2.45, 2.75) is 69.0 Å². The maximum atomic E-state index is 13.5. The largest absolute Gasteiger partial charge is 0.444 e. The molecule has 0 unspecified atom stereocenters. The molecule has 9 nitrogen and oxygen atoms in total. The molecule has 0 spiro atoms. The molecule has 208 valence electrons. The van der Waals surface area contributed by atoms with Gasteiger partial charge in [0.15, 0.2) is 5.78 Å². The number of carbonyl (C=O) groups excluding carboxylic acids is 2. The molecule has 39 heavy (non-hydrogen) atoms. The van der Waals surface area contributed by atoms with Crippen LogP contribution in [0.15, 0.2) is 47.4 Å². The van der Waals surface area contributed by atoms with E-state index in [0.29, 0.717) is 43.9 Å². The molecule has 0 aliphatic carbocycles. The Morgan fingerprint density at radius 1 is 1.13 bits per heavy atom. The quantitative estimate of drug-likeness (QED) is 0.545. The smallest absolute Gasteiger partial charge is 0.408 e. The molecule has 10 heteroatoms. The van der Waals surface area contributed by atoms with Gasteiger partial charge < -0.3 is 14.8 Å². The first-order valence-corrected chi connectivity index (χ1v) is 14.5. The Bertz CT molecular complexity index is 1380. The first-order valence-electron chi connectivity index (χ1n) is 13.0. The van der Waals surface area contributed by atoms with E-state index in [4.69, 9.17) is 9.47 Å². The van der Waals surface area contributed by atoms with Crippen LogP contribution in [0, 0.1) is 17.2 Å². The first-order chi connectivity index (χ1) is 18.3. The highest BCUT2D eigenvalue weighted by atomic mass is 32.2. The van der Waals surface area contributed by atoms with E-state index in [9.17, 15) is 23.3 Å². The Labute approximate surface area is 230 Å². The zero-order valence-electron chi connectivity index (χ0n) is 22.8. The molecule has 0 radical (unpaired) electrons. The van der Waals surface area contributed by atoms with E-state index in [1.165, 1.54) is 4.31 Å². The maximum absolute atomic E-state index is 13.5. The number of hydrogen-bond acceptors (Lipinski definition) is 7. The predicted molar refractivity (Wildman–Crippen MR) is 145 cm³/mol. The molecular weight excluding hydrogens is 518 g/mol. The second-order valence-corrected chi connectivity index (χ2v) is 13.3. The average molecular weight is 554 g/mol. The fourth-order valence-corrected chi connectivity index (χ4v) is 6.36. The van der Waals surface area contributed by atoms with E-state index in [-0.39, 0.29) is 12.2 Å². The Morgan fingerprint density at radius 3 is 2.38 bits per heavy atom.